The molecule has 0 saturated carbocycles. The number of ether oxygens (including phenoxy) is 1. The van der Waals surface area contributed by atoms with E-state index < -0.39 is 0 Å². The van der Waals surface area contributed by atoms with Crippen LogP contribution in [-0.2, 0) is 9.53 Å². The lowest BCUT2D eigenvalue weighted by Crippen LogP contribution is -2.39. The summed E-state index contributed by atoms with van der Waals surface area (Å²) >= 11 is 0. The molecule has 0 aromatic heterocycles. The smallest absolute Gasteiger partial charge is 0.220 e. The van der Waals surface area contributed by atoms with Crippen LogP contribution in [-0.4, -0.2) is 32.2 Å². The molecule has 0 bridgehead atoms. The van der Waals surface area contributed by atoms with Crippen LogP contribution in [0.5, 0.6) is 0 Å². The van der Waals surface area contributed by atoms with Gasteiger partial charge in [0.05, 0.1) is 0 Å². The molecule has 1 unspecified atom stereocenters. The van der Waals surface area contributed by atoms with E-state index in [0.717, 1.165) is 39.0 Å². The van der Waals surface area contributed by atoms with Crippen molar-refractivity contribution in [3.05, 3.63) is 0 Å². The Hall–Kier alpha value is -0.610. The maximum atomic E-state index is 11.7. The molecule has 100 valence electrons. The molecule has 1 heterocycles. The van der Waals surface area contributed by atoms with Crippen molar-refractivity contribution in [3.8, 4) is 0 Å². The van der Waals surface area contributed by atoms with E-state index in [0.29, 0.717) is 18.9 Å². The first kappa shape index (κ1) is 14.5. The molecule has 0 spiro atoms. The minimum atomic E-state index is 0.151. The van der Waals surface area contributed by atoms with Crippen LogP contribution in [0.4, 0.5) is 0 Å². The van der Waals surface area contributed by atoms with Crippen LogP contribution in [0.3, 0.4) is 0 Å². The monoisotopic (exact) mass is 242 g/mol. The maximum absolute atomic E-state index is 11.7. The van der Waals surface area contributed by atoms with Crippen LogP contribution < -0.4 is 11.1 Å². The number of nitrogens with one attached hydrogen (secondary N) is 1. The first-order chi connectivity index (χ1) is 8.06. The second-order valence-corrected chi connectivity index (χ2v) is 5.58. The highest BCUT2D eigenvalue weighted by Crippen LogP contribution is 2.28. The quantitative estimate of drug-likeness (QED) is 0.738. The molecule has 1 aliphatic rings. The number of amides is 1. The fourth-order valence-electron chi connectivity index (χ4n) is 1.94. The van der Waals surface area contributed by atoms with Crippen molar-refractivity contribution < 1.29 is 9.53 Å². The number of carbonyl (C=O) groups excluding carboxylic acids is 1. The number of rotatable bonds is 6. The Morgan fingerprint density at radius 2 is 2.12 bits per heavy atom. The zero-order valence-electron chi connectivity index (χ0n) is 11.1. The molecule has 1 fully saturated rings. The molecule has 4 nitrogen and oxygen atoms in total. The van der Waals surface area contributed by atoms with Gasteiger partial charge in [-0.05, 0) is 37.1 Å². The molecule has 0 aliphatic carbocycles. The van der Waals surface area contributed by atoms with Gasteiger partial charge in [0, 0.05) is 26.2 Å². The van der Waals surface area contributed by atoms with E-state index in [9.17, 15) is 4.79 Å². The highest BCUT2D eigenvalue weighted by atomic mass is 16.5. The Kier molecular flexibility index (Phi) is 5.92. The van der Waals surface area contributed by atoms with Crippen molar-refractivity contribution in [2.24, 2.45) is 17.1 Å². The van der Waals surface area contributed by atoms with Crippen molar-refractivity contribution in [1.82, 2.24) is 5.32 Å². The Morgan fingerprint density at radius 1 is 1.47 bits per heavy atom. The second-order valence-electron chi connectivity index (χ2n) is 5.58. The van der Waals surface area contributed by atoms with E-state index in [-0.39, 0.29) is 11.3 Å². The van der Waals surface area contributed by atoms with Crippen molar-refractivity contribution in [1.29, 1.82) is 0 Å². The van der Waals surface area contributed by atoms with E-state index >= 15 is 0 Å². The zero-order chi connectivity index (χ0) is 12.7. The van der Waals surface area contributed by atoms with Crippen LogP contribution in [0.1, 0.15) is 39.5 Å². The third-order valence-electron chi connectivity index (χ3n) is 3.68. The molecular formula is C13H26N2O2. The first-order valence-corrected chi connectivity index (χ1v) is 6.60. The standard InChI is InChI=1S/C13H26N2O2/c1-11(9-14)3-4-12(16)15-10-13(2)5-7-17-8-6-13/h11H,3-10,14H2,1-2H3,(H,15,16). The van der Waals surface area contributed by atoms with Gasteiger partial charge in [0.15, 0.2) is 0 Å². The summed E-state index contributed by atoms with van der Waals surface area (Å²) in [6, 6.07) is 0. The molecule has 4 heteroatoms. The van der Waals surface area contributed by atoms with Gasteiger partial charge in [0.1, 0.15) is 0 Å². The Labute approximate surface area is 104 Å². The van der Waals surface area contributed by atoms with Gasteiger partial charge >= 0.3 is 0 Å². The van der Waals surface area contributed by atoms with Crippen molar-refractivity contribution >= 4 is 5.91 Å². The summed E-state index contributed by atoms with van der Waals surface area (Å²) in [5.74, 6) is 0.581. The molecule has 3 N–H and O–H groups in total. The number of nitrogens with two attached hydrogens (primary N) is 1. The third-order valence-corrected chi connectivity index (χ3v) is 3.68. The molecule has 1 amide bonds. The van der Waals surface area contributed by atoms with Crippen LogP contribution >= 0.6 is 0 Å². The maximum Gasteiger partial charge on any atom is 0.220 e. The summed E-state index contributed by atoms with van der Waals surface area (Å²) in [6.07, 6.45) is 3.53. The van der Waals surface area contributed by atoms with Gasteiger partial charge in [-0.15, -0.1) is 0 Å². The topological polar surface area (TPSA) is 64.4 Å². The lowest BCUT2D eigenvalue weighted by molar-refractivity contribution is -0.122. The molecule has 1 saturated heterocycles. The Balaban J connectivity index is 2.18. The average molecular weight is 242 g/mol. The first-order valence-electron chi connectivity index (χ1n) is 6.60. The summed E-state index contributed by atoms with van der Waals surface area (Å²) in [5.41, 5.74) is 5.74. The fourth-order valence-corrected chi connectivity index (χ4v) is 1.94. The van der Waals surface area contributed by atoms with Gasteiger partial charge in [-0.3, -0.25) is 4.79 Å². The van der Waals surface area contributed by atoms with E-state index in [1.165, 1.54) is 0 Å². The predicted molar refractivity (Wildman–Crippen MR) is 68.6 cm³/mol. The van der Waals surface area contributed by atoms with E-state index in [1.54, 1.807) is 0 Å². The van der Waals surface area contributed by atoms with Crippen molar-refractivity contribution in [2.45, 2.75) is 39.5 Å². The molecule has 1 atom stereocenters. The minimum Gasteiger partial charge on any atom is -0.381 e. The molecule has 17 heavy (non-hydrogen) atoms. The van der Waals surface area contributed by atoms with Crippen LogP contribution in [0.15, 0.2) is 0 Å². The molecule has 0 aromatic rings. The Morgan fingerprint density at radius 3 is 2.71 bits per heavy atom. The SMILES string of the molecule is CC(CN)CCC(=O)NCC1(C)CCOCC1. The molecule has 0 aromatic carbocycles. The summed E-state index contributed by atoms with van der Waals surface area (Å²) in [5, 5.41) is 3.04. The third kappa shape index (κ3) is 5.50. The summed E-state index contributed by atoms with van der Waals surface area (Å²) in [4.78, 5) is 11.7. The van der Waals surface area contributed by atoms with Gasteiger partial charge in [-0.25, -0.2) is 0 Å². The molecule has 1 aliphatic heterocycles. The van der Waals surface area contributed by atoms with Gasteiger partial charge < -0.3 is 15.8 Å². The lowest BCUT2D eigenvalue weighted by atomic mass is 9.82. The van der Waals surface area contributed by atoms with Crippen molar-refractivity contribution in [2.75, 3.05) is 26.3 Å². The van der Waals surface area contributed by atoms with Crippen LogP contribution in [0.2, 0.25) is 0 Å². The largest absolute Gasteiger partial charge is 0.381 e. The van der Waals surface area contributed by atoms with Gasteiger partial charge in [0.2, 0.25) is 5.91 Å². The zero-order valence-corrected chi connectivity index (χ0v) is 11.1. The van der Waals surface area contributed by atoms with Crippen molar-refractivity contribution in [3.63, 3.8) is 0 Å². The highest BCUT2D eigenvalue weighted by molar-refractivity contribution is 5.75. The summed E-state index contributed by atoms with van der Waals surface area (Å²) < 4.78 is 5.34. The molecule has 1 rings (SSSR count). The fraction of sp³-hybridized carbons (Fsp3) is 0.923. The average Bonchev–Trinajstić information content (AvgIpc) is 2.34. The highest BCUT2D eigenvalue weighted by Gasteiger charge is 2.27. The number of hydrogen-bond acceptors (Lipinski definition) is 3. The van der Waals surface area contributed by atoms with E-state index in [1.807, 2.05) is 0 Å². The summed E-state index contributed by atoms with van der Waals surface area (Å²) in [7, 11) is 0. The number of hydrogen-bond donors (Lipinski definition) is 2. The second kappa shape index (κ2) is 6.97. The molecule has 0 radical (unpaired) electrons. The minimum absolute atomic E-state index is 0.151. The van der Waals surface area contributed by atoms with Gasteiger partial charge in [-0.1, -0.05) is 13.8 Å². The normalized spacial score (nSPS) is 20.9. The van der Waals surface area contributed by atoms with Gasteiger partial charge in [0.25, 0.3) is 0 Å². The molecular weight excluding hydrogens is 216 g/mol. The van der Waals surface area contributed by atoms with Crippen LogP contribution in [0.25, 0.3) is 0 Å². The van der Waals surface area contributed by atoms with Crippen LogP contribution in [0, 0.1) is 11.3 Å². The van der Waals surface area contributed by atoms with E-state index in [2.05, 4.69) is 19.2 Å². The van der Waals surface area contributed by atoms with E-state index in [4.69, 9.17) is 10.5 Å². The Bertz CT molecular complexity index is 238. The lowest BCUT2D eigenvalue weighted by Gasteiger charge is -2.33. The number of carbonyl (C=O) groups is 1. The predicted octanol–water partition coefficient (Wildman–Crippen LogP) is 1.29. The van der Waals surface area contributed by atoms with Gasteiger partial charge in [-0.2, -0.15) is 0 Å². The summed E-state index contributed by atoms with van der Waals surface area (Å²) in [6.45, 7) is 7.35.